The zero-order valence-electron chi connectivity index (χ0n) is 20.7. The molecule has 1 saturated carbocycles. The van der Waals surface area contributed by atoms with E-state index in [1.165, 1.54) is 10.8 Å². The van der Waals surface area contributed by atoms with E-state index in [0.29, 0.717) is 12.2 Å². The van der Waals surface area contributed by atoms with Gasteiger partial charge >= 0.3 is 5.97 Å². The number of carbonyl (C=O) groups is 5. The second kappa shape index (κ2) is 13.7. The summed E-state index contributed by atoms with van der Waals surface area (Å²) in [7, 11) is 2.98. The minimum atomic E-state index is -0.987. The van der Waals surface area contributed by atoms with Crippen molar-refractivity contribution in [2.24, 2.45) is 5.92 Å². The fourth-order valence-electron chi connectivity index (χ4n) is 4.10. The van der Waals surface area contributed by atoms with Crippen LogP contribution in [0.2, 0.25) is 0 Å². The van der Waals surface area contributed by atoms with Gasteiger partial charge in [0.25, 0.3) is 0 Å². The predicted octanol–water partition coefficient (Wildman–Crippen LogP) is 0.262. The number of fused-ring (bicyclic) bond motifs is 7. The number of ether oxygens (including phenoxy) is 1. The van der Waals surface area contributed by atoms with E-state index in [1.807, 2.05) is 6.08 Å². The summed E-state index contributed by atoms with van der Waals surface area (Å²) in [5.74, 6) is -1.76. The Morgan fingerprint density at radius 3 is 2.50 bits per heavy atom. The van der Waals surface area contributed by atoms with Crippen LogP contribution in [0.5, 0.6) is 0 Å². The van der Waals surface area contributed by atoms with Gasteiger partial charge in [-0.1, -0.05) is 27.7 Å². The summed E-state index contributed by atoms with van der Waals surface area (Å²) in [6, 6.07) is 0.739. The van der Waals surface area contributed by atoms with Gasteiger partial charge in [-0.05, 0) is 49.0 Å². The number of nitrogens with zero attached hydrogens (tertiary/aromatic N) is 1. The van der Waals surface area contributed by atoms with Crippen LogP contribution >= 0.6 is 21.6 Å². The predicted molar refractivity (Wildman–Crippen MR) is 143 cm³/mol. The Hall–Kier alpha value is -3.06. The minimum Gasteiger partial charge on any atom is -0.456 e. The van der Waals surface area contributed by atoms with E-state index in [2.05, 4.69) is 26.3 Å². The first kappa shape index (κ1) is 28.0. The number of esters is 1. The maximum atomic E-state index is 13.4. The number of aromatic nitrogens is 1. The van der Waals surface area contributed by atoms with Crippen molar-refractivity contribution in [1.82, 2.24) is 26.3 Å². The van der Waals surface area contributed by atoms with E-state index in [-0.39, 0.29) is 31.1 Å². The molecule has 0 radical (unpaired) electrons. The molecule has 1 unspecified atom stereocenters. The quantitative estimate of drug-likeness (QED) is 0.231. The third-order valence-corrected chi connectivity index (χ3v) is 8.71. The summed E-state index contributed by atoms with van der Waals surface area (Å²) in [4.78, 5) is 69.2. The maximum Gasteiger partial charge on any atom is 0.326 e. The molecule has 13 heteroatoms. The van der Waals surface area contributed by atoms with Gasteiger partial charge < -0.3 is 26.0 Å². The Labute approximate surface area is 228 Å². The molecule has 4 N–H and O–H groups in total. The minimum absolute atomic E-state index is 0.0382. The Kier molecular flexibility index (Phi) is 10.0. The zero-order valence-corrected chi connectivity index (χ0v) is 22.4. The molecule has 38 heavy (non-hydrogen) atoms. The lowest BCUT2D eigenvalue weighted by molar-refractivity contribution is -0.148. The molecule has 2 fully saturated rings. The number of pyridine rings is 1. The SMILES string of the molecule is O=C1C[C@H]2C=CCCSSC[C@@H](NC(=O)[C@@H](Cc3ccncc3)N1)C(=O)NC(C1CC1)C(=O)NCC(=O)O2. The van der Waals surface area contributed by atoms with Gasteiger partial charge in [-0.3, -0.25) is 29.0 Å². The molecule has 2 aliphatic heterocycles. The van der Waals surface area contributed by atoms with Crippen molar-refractivity contribution in [3.63, 3.8) is 0 Å². The fraction of sp³-hybridized carbons (Fsp3) is 0.520. The third kappa shape index (κ3) is 8.48. The Bertz CT molecular complexity index is 1070. The van der Waals surface area contributed by atoms with Crippen LogP contribution in [0.4, 0.5) is 0 Å². The summed E-state index contributed by atoms with van der Waals surface area (Å²) in [5, 5.41) is 10.9. The van der Waals surface area contributed by atoms with Gasteiger partial charge in [0.05, 0.1) is 6.42 Å². The fourth-order valence-corrected chi connectivity index (χ4v) is 6.26. The van der Waals surface area contributed by atoms with Crippen LogP contribution in [0.3, 0.4) is 0 Å². The van der Waals surface area contributed by atoms with E-state index in [4.69, 9.17) is 4.74 Å². The topological polar surface area (TPSA) is 156 Å². The smallest absolute Gasteiger partial charge is 0.326 e. The molecule has 0 spiro atoms. The number of hydrogen-bond acceptors (Lipinski definition) is 9. The van der Waals surface area contributed by atoms with Gasteiger partial charge in [0.15, 0.2) is 0 Å². The summed E-state index contributed by atoms with van der Waals surface area (Å²) in [6.07, 6.45) is 7.97. The normalized spacial score (nSPS) is 28.3. The zero-order chi connectivity index (χ0) is 26.9. The first-order valence-corrected chi connectivity index (χ1v) is 15.0. The highest BCUT2D eigenvalue weighted by Crippen LogP contribution is 2.33. The average Bonchev–Trinajstić information content (AvgIpc) is 3.73. The van der Waals surface area contributed by atoms with Crippen molar-refractivity contribution in [1.29, 1.82) is 0 Å². The van der Waals surface area contributed by atoms with Gasteiger partial charge in [-0.25, -0.2) is 0 Å². The van der Waals surface area contributed by atoms with E-state index < -0.39 is 53.8 Å². The van der Waals surface area contributed by atoms with Crippen LogP contribution in [0.25, 0.3) is 0 Å². The number of nitrogens with one attached hydrogen (secondary N) is 4. The first-order chi connectivity index (χ1) is 18.4. The highest BCUT2D eigenvalue weighted by Gasteiger charge is 2.39. The van der Waals surface area contributed by atoms with Crippen molar-refractivity contribution < 1.29 is 28.7 Å². The molecular weight excluding hydrogens is 530 g/mol. The van der Waals surface area contributed by atoms with Gasteiger partial charge in [-0.15, -0.1) is 0 Å². The second-order valence-electron chi connectivity index (χ2n) is 9.34. The molecular formula is C25H31N5O6S2. The van der Waals surface area contributed by atoms with Crippen molar-refractivity contribution in [2.45, 2.75) is 56.3 Å². The van der Waals surface area contributed by atoms with Gasteiger partial charge in [0.2, 0.25) is 23.6 Å². The van der Waals surface area contributed by atoms with Crippen LogP contribution in [0.1, 0.15) is 31.2 Å². The summed E-state index contributed by atoms with van der Waals surface area (Å²) in [6.45, 7) is -0.388. The Balaban J connectivity index is 1.65. The Morgan fingerprint density at radius 2 is 1.74 bits per heavy atom. The molecule has 1 aromatic rings. The van der Waals surface area contributed by atoms with Crippen molar-refractivity contribution in [2.75, 3.05) is 18.1 Å². The highest BCUT2D eigenvalue weighted by molar-refractivity contribution is 8.76. The third-order valence-electron chi connectivity index (χ3n) is 6.26. The number of allylic oxidation sites excluding steroid dienone is 1. The summed E-state index contributed by atoms with van der Waals surface area (Å²) in [5.41, 5.74) is 0.770. The lowest BCUT2D eigenvalue weighted by atomic mass is 10.0. The lowest BCUT2D eigenvalue weighted by Gasteiger charge is -2.26. The second-order valence-corrected chi connectivity index (χ2v) is 12.0. The Morgan fingerprint density at radius 1 is 0.947 bits per heavy atom. The van der Waals surface area contributed by atoms with Gasteiger partial charge in [0.1, 0.15) is 30.8 Å². The van der Waals surface area contributed by atoms with Crippen molar-refractivity contribution >= 4 is 51.2 Å². The molecule has 1 aliphatic carbocycles. The summed E-state index contributed by atoms with van der Waals surface area (Å²) < 4.78 is 5.49. The van der Waals surface area contributed by atoms with E-state index >= 15 is 0 Å². The van der Waals surface area contributed by atoms with Crippen molar-refractivity contribution in [3.8, 4) is 0 Å². The number of rotatable bonds is 3. The molecule has 3 aliphatic rings. The maximum absolute atomic E-state index is 13.4. The monoisotopic (exact) mass is 561 g/mol. The lowest BCUT2D eigenvalue weighted by Crippen LogP contribution is -2.58. The first-order valence-electron chi connectivity index (χ1n) is 12.6. The average molecular weight is 562 g/mol. The number of hydrogen-bond donors (Lipinski definition) is 4. The molecule has 0 aromatic carbocycles. The summed E-state index contributed by atoms with van der Waals surface area (Å²) >= 11 is 0. The number of amides is 4. The van der Waals surface area contributed by atoms with Gasteiger partial charge in [-0.2, -0.15) is 0 Å². The standard InChI is InChI=1S/C25H31N5O6S2/c31-20-12-17-3-1-2-10-37-38-14-19(29-23(33)18(28-20)11-15-6-8-26-9-7-15)24(34)30-22(16-4-5-16)25(35)27-13-21(32)36-17/h1,3,6-9,16-19,22H,2,4-5,10-14H2,(H,27,35)(H,28,31)(H,29,33)(H,30,34)/t17-,18-,19-,22?/m1/s1. The molecule has 204 valence electrons. The van der Waals surface area contributed by atoms with Crippen LogP contribution in [0.15, 0.2) is 36.7 Å². The molecule has 11 nitrogen and oxygen atoms in total. The highest BCUT2D eigenvalue weighted by atomic mass is 33.1. The van der Waals surface area contributed by atoms with E-state index in [0.717, 1.165) is 18.4 Å². The number of carbonyl (C=O) groups excluding carboxylic acids is 5. The molecule has 4 rings (SSSR count). The largest absolute Gasteiger partial charge is 0.456 e. The molecule has 4 amide bonds. The molecule has 1 aromatic heterocycles. The molecule has 2 bridgehead atoms. The van der Waals surface area contributed by atoms with Crippen LogP contribution in [0, 0.1) is 5.92 Å². The van der Waals surface area contributed by atoms with Crippen LogP contribution < -0.4 is 21.3 Å². The molecule has 1 saturated heterocycles. The van der Waals surface area contributed by atoms with E-state index in [9.17, 15) is 24.0 Å². The van der Waals surface area contributed by atoms with E-state index in [1.54, 1.807) is 41.4 Å². The van der Waals surface area contributed by atoms with Crippen LogP contribution in [-0.4, -0.2) is 76.9 Å². The molecule has 4 atom stereocenters. The van der Waals surface area contributed by atoms with Gasteiger partial charge in [0, 0.05) is 30.3 Å². The van der Waals surface area contributed by atoms with Crippen molar-refractivity contribution in [3.05, 3.63) is 42.2 Å². The van der Waals surface area contributed by atoms with Crippen LogP contribution in [-0.2, 0) is 35.1 Å². The molecule has 3 heterocycles.